The molecule has 0 unspecified atom stereocenters. The minimum atomic E-state index is -0.523. The first-order valence-corrected chi connectivity index (χ1v) is 5.11. The Morgan fingerprint density at radius 3 is 2.94 bits per heavy atom. The zero-order chi connectivity index (χ0) is 11.4. The van der Waals surface area contributed by atoms with Gasteiger partial charge in [-0.25, -0.2) is 5.01 Å². The number of primary amides is 1. The zero-order valence-electron chi connectivity index (χ0n) is 8.85. The van der Waals surface area contributed by atoms with E-state index in [4.69, 9.17) is 10.5 Å². The highest BCUT2D eigenvalue weighted by Crippen LogP contribution is 2.09. The van der Waals surface area contributed by atoms with Gasteiger partial charge in [0.1, 0.15) is 5.69 Å². The Bertz CT molecular complexity index is 377. The maximum atomic E-state index is 10.9. The van der Waals surface area contributed by atoms with Crippen LogP contribution in [0.4, 0.5) is 5.69 Å². The van der Waals surface area contributed by atoms with Crippen molar-refractivity contribution in [2.24, 2.45) is 5.73 Å². The largest absolute Gasteiger partial charge is 0.379 e. The van der Waals surface area contributed by atoms with Gasteiger partial charge in [0.2, 0.25) is 0 Å². The third-order valence-corrected chi connectivity index (χ3v) is 2.31. The number of morpholine rings is 1. The number of anilines is 1. The molecule has 0 radical (unpaired) electrons. The number of rotatable bonds is 3. The van der Waals surface area contributed by atoms with E-state index in [2.05, 4.69) is 10.4 Å². The van der Waals surface area contributed by atoms with Crippen molar-refractivity contribution in [3.05, 3.63) is 24.0 Å². The fourth-order valence-corrected chi connectivity index (χ4v) is 1.49. The second kappa shape index (κ2) is 4.91. The van der Waals surface area contributed by atoms with E-state index < -0.39 is 5.91 Å². The number of hydrogen-bond acceptors (Lipinski definition) is 5. The van der Waals surface area contributed by atoms with Crippen LogP contribution < -0.4 is 11.2 Å². The summed E-state index contributed by atoms with van der Waals surface area (Å²) in [6.07, 6.45) is 1.56. The smallest absolute Gasteiger partial charge is 0.267 e. The van der Waals surface area contributed by atoms with E-state index in [0.717, 1.165) is 18.8 Å². The van der Waals surface area contributed by atoms with Crippen molar-refractivity contribution < 1.29 is 9.53 Å². The molecule has 0 aromatic carbocycles. The van der Waals surface area contributed by atoms with Crippen LogP contribution in [0.15, 0.2) is 18.3 Å². The Balaban J connectivity index is 2.02. The number of hydrogen-bond donors (Lipinski definition) is 2. The fourth-order valence-electron chi connectivity index (χ4n) is 1.49. The fraction of sp³-hybridized carbons (Fsp3) is 0.400. The number of pyridine rings is 1. The summed E-state index contributed by atoms with van der Waals surface area (Å²) < 4.78 is 5.23. The second-order valence-electron chi connectivity index (χ2n) is 3.51. The predicted molar refractivity (Wildman–Crippen MR) is 58.8 cm³/mol. The van der Waals surface area contributed by atoms with Crippen LogP contribution in [-0.4, -0.2) is 42.2 Å². The normalized spacial score (nSPS) is 17.0. The first-order chi connectivity index (χ1) is 7.75. The Labute approximate surface area is 93.4 Å². The molecule has 1 aromatic heterocycles. The third kappa shape index (κ3) is 2.68. The van der Waals surface area contributed by atoms with Crippen LogP contribution in [0.2, 0.25) is 0 Å². The van der Waals surface area contributed by atoms with E-state index in [1.54, 1.807) is 18.3 Å². The van der Waals surface area contributed by atoms with E-state index in [1.165, 1.54) is 0 Å². The van der Waals surface area contributed by atoms with E-state index in [1.807, 2.05) is 5.01 Å². The predicted octanol–water partition coefficient (Wildman–Crippen LogP) is -0.160. The molecule has 1 aliphatic heterocycles. The summed E-state index contributed by atoms with van der Waals surface area (Å²) in [4.78, 5) is 14.8. The topological polar surface area (TPSA) is 80.5 Å². The molecule has 6 heteroatoms. The van der Waals surface area contributed by atoms with Crippen molar-refractivity contribution in [1.82, 2.24) is 9.99 Å². The lowest BCUT2D eigenvalue weighted by Crippen LogP contribution is -2.40. The average Bonchev–Trinajstić information content (AvgIpc) is 2.30. The summed E-state index contributed by atoms with van der Waals surface area (Å²) in [5.74, 6) is -0.523. The number of nitrogens with two attached hydrogens (primary N) is 1. The molecular weight excluding hydrogens is 208 g/mol. The van der Waals surface area contributed by atoms with Crippen molar-refractivity contribution >= 4 is 11.6 Å². The lowest BCUT2D eigenvalue weighted by Gasteiger charge is -2.27. The molecule has 2 heterocycles. The summed E-state index contributed by atoms with van der Waals surface area (Å²) in [5.41, 5.74) is 9.41. The van der Waals surface area contributed by atoms with Gasteiger partial charge < -0.3 is 15.9 Å². The van der Waals surface area contributed by atoms with Crippen LogP contribution in [0.25, 0.3) is 0 Å². The molecule has 86 valence electrons. The van der Waals surface area contributed by atoms with Gasteiger partial charge >= 0.3 is 0 Å². The summed E-state index contributed by atoms with van der Waals surface area (Å²) in [7, 11) is 0. The summed E-state index contributed by atoms with van der Waals surface area (Å²) in [6.45, 7) is 3.05. The molecule has 0 saturated carbocycles. The second-order valence-corrected chi connectivity index (χ2v) is 3.51. The number of carbonyl (C=O) groups excluding carboxylic acids is 1. The Kier molecular flexibility index (Phi) is 3.33. The number of ether oxygens (including phenoxy) is 1. The molecule has 16 heavy (non-hydrogen) atoms. The number of nitrogens with one attached hydrogen (secondary N) is 1. The van der Waals surface area contributed by atoms with Gasteiger partial charge in [-0.3, -0.25) is 9.78 Å². The van der Waals surface area contributed by atoms with Crippen molar-refractivity contribution in [1.29, 1.82) is 0 Å². The van der Waals surface area contributed by atoms with E-state index in [0.29, 0.717) is 13.2 Å². The Morgan fingerprint density at radius 1 is 1.50 bits per heavy atom. The van der Waals surface area contributed by atoms with Gasteiger partial charge in [0.05, 0.1) is 18.9 Å². The Hall–Kier alpha value is -1.66. The standard InChI is InChI=1S/C10H14N4O2/c11-10(15)9-7-8(1-2-12-9)13-14-3-5-16-6-4-14/h1-2,7H,3-6H2,(H2,11,15)(H,12,13). The minimum Gasteiger partial charge on any atom is -0.379 e. The van der Waals surface area contributed by atoms with Crippen LogP contribution in [0.5, 0.6) is 0 Å². The number of nitrogens with zero attached hydrogens (tertiary/aromatic N) is 2. The molecule has 3 N–H and O–H groups in total. The quantitative estimate of drug-likeness (QED) is 0.742. The van der Waals surface area contributed by atoms with Gasteiger partial charge in [-0.2, -0.15) is 0 Å². The first kappa shape index (κ1) is 10.8. The first-order valence-electron chi connectivity index (χ1n) is 5.11. The van der Waals surface area contributed by atoms with Gasteiger partial charge in [-0.1, -0.05) is 0 Å². The SMILES string of the molecule is NC(=O)c1cc(NN2CCOCC2)ccn1. The van der Waals surface area contributed by atoms with Crippen molar-refractivity contribution in [2.45, 2.75) is 0 Å². The van der Waals surface area contributed by atoms with Crippen LogP contribution >= 0.6 is 0 Å². The minimum absolute atomic E-state index is 0.262. The van der Waals surface area contributed by atoms with Gasteiger partial charge in [0.15, 0.2) is 0 Å². The summed E-state index contributed by atoms with van der Waals surface area (Å²) in [6, 6.07) is 3.43. The zero-order valence-corrected chi connectivity index (χ0v) is 8.85. The van der Waals surface area contributed by atoms with Crippen LogP contribution in [-0.2, 0) is 4.74 Å². The van der Waals surface area contributed by atoms with E-state index in [-0.39, 0.29) is 5.69 Å². The highest BCUT2D eigenvalue weighted by molar-refractivity contribution is 5.91. The molecular formula is C10H14N4O2. The number of hydrazine groups is 1. The van der Waals surface area contributed by atoms with Crippen LogP contribution in [0.3, 0.4) is 0 Å². The molecule has 1 aliphatic rings. The number of carbonyl (C=O) groups is 1. The van der Waals surface area contributed by atoms with Crippen molar-refractivity contribution in [3.63, 3.8) is 0 Å². The molecule has 1 amide bonds. The Morgan fingerprint density at radius 2 is 2.25 bits per heavy atom. The van der Waals surface area contributed by atoms with Crippen molar-refractivity contribution in [3.8, 4) is 0 Å². The van der Waals surface area contributed by atoms with Gasteiger partial charge in [-0.15, -0.1) is 0 Å². The molecule has 1 aromatic rings. The summed E-state index contributed by atoms with van der Waals surface area (Å²) >= 11 is 0. The molecule has 0 atom stereocenters. The third-order valence-electron chi connectivity index (χ3n) is 2.31. The van der Waals surface area contributed by atoms with Crippen LogP contribution in [0.1, 0.15) is 10.5 Å². The monoisotopic (exact) mass is 222 g/mol. The highest BCUT2D eigenvalue weighted by atomic mass is 16.5. The molecule has 0 spiro atoms. The molecule has 0 aliphatic carbocycles. The van der Waals surface area contributed by atoms with Gasteiger partial charge in [0.25, 0.3) is 5.91 Å². The highest BCUT2D eigenvalue weighted by Gasteiger charge is 2.10. The molecule has 2 rings (SSSR count). The van der Waals surface area contributed by atoms with Crippen LogP contribution in [0, 0.1) is 0 Å². The number of aromatic nitrogens is 1. The van der Waals surface area contributed by atoms with Gasteiger partial charge in [-0.05, 0) is 12.1 Å². The summed E-state index contributed by atoms with van der Waals surface area (Å²) in [5, 5.41) is 2.03. The maximum Gasteiger partial charge on any atom is 0.267 e. The average molecular weight is 222 g/mol. The molecule has 0 bridgehead atoms. The molecule has 1 fully saturated rings. The van der Waals surface area contributed by atoms with E-state index >= 15 is 0 Å². The molecule has 6 nitrogen and oxygen atoms in total. The maximum absolute atomic E-state index is 10.9. The molecule has 1 saturated heterocycles. The lowest BCUT2D eigenvalue weighted by atomic mass is 10.3. The number of amides is 1. The lowest BCUT2D eigenvalue weighted by molar-refractivity contribution is 0.0497. The van der Waals surface area contributed by atoms with E-state index in [9.17, 15) is 4.79 Å². The van der Waals surface area contributed by atoms with Gasteiger partial charge in [0, 0.05) is 19.3 Å². The van der Waals surface area contributed by atoms with Crippen molar-refractivity contribution in [2.75, 3.05) is 31.7 Å².